The van der Waals surface area contributed by atoms with Crippen LogP contribution in [0.1, 0.15) is 25.2 Å². The van der Waals surface area contributed by atoms with Gasteiger partial charge >= 0.3 is 0 Å². The molecule has 2 aromatic heterocycles. The first-order chi connectivity index (χ1) is 14.3. The summed E-state index contributed by atoms with van der Waals surface area (Å²) in [4.78, 5) is 55.1. The maximum absolute atomic E-state index is 12.9. The summed E-state index contributed by atoms with van der Waals surface area (Å²) in [5.74, 6) is -2.85. The number of hydrogen-bond acceptors (Lipinski definition) is 12. The van der Waals surface area contributed by atoms with E-state index in [1.54, 1.807) is 13.8 Å². The van der Waals surface area contributed by atoms with Crippen molar-refractivity contribution >= 4 is 73.4 Å². The van der Waals surface area contributed by atoms with Crippen molar-refractivity contribution in [1.29, 1.82) is 0 Å². The Labute approximate surface area is 183 Å². The summed E-state index contributed by atoms with van der Waals surface area (Å²) in [5.41, 5.74) is 5.00. The van der Waals surface area contributed by atoms with Crippen LogP contribution in [0, 0.1) is 0 Å². The Morgan fingerprint density at radius 2 is 1.73 bits per heavy atom. The second-order valence-electron chi connectivity index (χ2n) is 5.67. The molecule has 11 nitrogen and oxygen atoms in total. The van der Waals surface area contributed by atoms with Crippen LogP contribution in [0.25, 0.3) is 0 Å². The Morgan fingerprint density at radius 1 is 1.13 bits per heavy atom. The fraction of sp³-hybridized carbons (Fsp3) is 0.312. The second kappa shape index (κ2) is 10.8. The number of oxime groups is 2. The smallest absolute Gasteiger partial charge is 0.259 e. The van der Waals surface area contributed by atoms with E-state index >= 15 is 0 Å². The van der Waals surface area contributed by atoms with Gasteiger partial charge in [-0.25, -0.2) is 9.97 Å². The molecule has 0 atom stereocenters. The number of halogens is 1. The van der Waals surface area contributed by atoms with E-state index in [-0.39, 0.29) is 45.1 Å². The number of aromatic nitrogens is 2. The van der Waals surface area contributed by atoms with E-state index in [2.05, 4.69) is 25.6 Å². The van der Waals surface area contributed by atoms with Crippen molar-refractivity contribution < 1.29 is 24.1 Å². The van der Waals surface area contributed by atoms with Crippen LogP contribution in [0.2, 0.25) is 0 Å². The topological polar surface area (TPSA) is 158 Å². The molecule has 0 aliphatic rings. The van der Waals surface area contributed by atoms with Gasteiger partial charge in [-0.2, -0.15) is 0 Å². The number of nitrogens with two attached hydrogens (primary N) is 1. The predicted octanol–water partition coefficient (Wildman–Crippen LogP) is 1.68. The fourth-order valence-corrected chi connectivity index (χ4v) is 3.19. The Bertz CT molecular complexity index is 1000. The first-order valence-corrected chi connectivity index (χ1v) is 10.5. The molecule has 0 fully saturated rings. The minimum atomic E-state index is -1.06. The lowest BCUT2D eigenvalue weighted by molar-refractivity contribution is -0.129. The number of hydrogen-bond donors (Lipinski definition) is 2. The van der Waals surface area contributed by atoms with Gasteiger partial charge in [0, 0.05) is 10.8 Å². The van der Waals surface area contributed by atoms with Crippen LogP contribution in [-0.2, 0) is 24.1 Å². The zero-order valence-electron chi connectivity index (χ0n) is 16.0. The molecule has 0 unspecified atom stereocenters. The van der Waals surface area contributed by atoms with E-state index in [9.17, 15) is 14.4 Å². The van der Waals surface area contributed by atoms with Crippen molar-refractivity contribution in [3.63, 3.8) is 0 Å². The highest BCUT2D eigenvalue weighted by Gasteiger charge is 2.32. The van der Waals surface area contributed by atoms with E-state index in [0.717, 1.165) is 22.7 Å². The lowest BCUT2D eigenvalue weighted by Gasteiger charge is -2.06. The van der Waals surface area contributed by atoms with Crippen LogP contribution in [0.4, 0.5) is 10.3 Å². The third kappa shape index (κ3) is 6.05. The number of Topliss-reactive ketones (excluding diaryl/α,β-unsaturated/α-hetero) is 2. The van der Waals surface area contributed by atoms with E-state index in [1.165, 1.54) is 17.9 Å². The quantitative estimate of drug-likeness (QED) is 0.228. The summed E-state index contributed by atoms with van der Waals surface area (Å²) in [7, 11) is 1.21. The van der Waals surface area contributed by atoms with Gasteiger partial charge in [0.25, 0.3) is 11.6 Å². The number of alkyl halides is 1. The van der Waals surface area contributed by atoms with Crippen LogP contribution in [0.5, 0.6) is 0 Å². The van der Waals surface area contributed by atoms with Crippen molar-refractivity contribution in [2.75, 3.05) is 24.0 Å². The molecule has 0 aliphatic heterocycles. The molecule has 160 valence electrons. The van der Waals surface area contributed by atoms with Crippen LogP contribution < -0.4 is 11.1 Å². The molecule has 0 radical (unpaired) electrons. The van der Waals surface area contributed by atoms with E-state index < -0.39 is 17.5 Å². The van der Waals surface area contributed by atoms with Gasteiger partial charge in [-0.05, 0) is 13.8 Å². The number of ketones is 2. The number of rotatable bonds is 10. The minimum absolute atomic E-state index is 0.0204. The van der Waals surface area contributed by atoms with Gasteiger partial charge in [-0.15, -0.1) is 34.3 Å². The molecular weight excluding hydrogens is 456 g/mol. The molecule has 0 saturated heterocycles. The minimum Gasteiger partial charge on any atom is -0.398 e. The van der Waals surface area contributed by atoms with Crippen molar-refractivity contribution in [1.82, 2.24) is 9.97 Å². The molecule has 30 heavy (non-hydrogen) atoms. The molecule has 0 bridgehead atoms. The molecule has 0 aliphatic carbocycles. The molecule has 0 saturated carbocycles. The maximum Gasteiger partial charge on any atom is 0.259 e. The highest BCUT2D eigenvalue weighted by Crippen LogP contribution is 2.18. The first kappa shape index (κ1) is 23.4. The lowest BCUT2D eigenvalue weighted by atomic mass is 10.0. The zero-order valence-corrected chi connectivity index (χ0v) is 18.4. The summed E-state index contributed by atoms with van der Waals surface area (Å²) in [5, 5.41) is 13.1. The standard InChI is InChI=1S/C16H17ClN6O5S2/c1-7(2)28-23-12(8-5-29-15(18)19-8)14(26)13(25)11(22-27-3)9-6-30-16(20-9)21-10(24)4-17/h5-7H,4H2,1-3H3,(H2,18,19)(H,20,21,24). The summed E-state index contributed by atoms with van der Waals surface area (Å²) in [6, 6.07) is 0. The summed E-state index contributed by atoms with van der Waals surface area (Å²) in [6.07, 6.45) is -0.349. The van der Waals surface area contributed by atoms with Gasteiger partial charge in [0.2, 0.25) is 5.91 Å². The largest absolute Gasteiger partial charge is 0.398 e. The molecule has 0 spiro atoms. The van der Waals surface area contributed by atoms with Gasteiger partial charge < -0.3 is 20.7 Å². The SMILES string of the molecule is CON=C(C(=O)C(=O)C(=NOC(C)C)c1csc(N)n1)c1csc(NC(=O)CCl)n1. The number of carbonyl (C=O) groups is 3. The Hall–Kier alpha value is -2.90. The molecule has 3 N–H and O–H groups in total. The third-order valence-corrected chi connectivity index (χ3v) is 4.73. The van der Waals surface area contributed by atoms with Gasteiger partial charge in [0.15, 0.2) is 21.7 Å². The van der Waals surface area contributed by atoms with Gasteiger partial charge in [0.1, 0.15) is 30.5 Å². The Balaban J connectivity index is 2.37. The van der Waals surface area contributed by atoms with Crippen LogP contribution in [-0.4, -0.2) is 58.0 Å². The summed E-state index contributed by atoms with van der Waals surface area (Å²) < 4.78 is 0. The molecule has 2 aromatic rings. The van der Waals surface area contributed by atoms with Crippen LogP contribution >= 0.6 is 34.3 Å². The molecular formula is C16H17ClN6O5S2. The van der Waals surface area contributed by atoms with Crippen LogP contribution in [0.15, 0.2) is 21.1 Å². The van der Waals surface area contributed by atoms with Crippen molar-refractivity contribution in [2.24, 2.45) is 10.3 Å². The Morgan fingerprint density at radius 3 is 2.27 bits per heavy atom. The number of nitrogen functional groups attached to an aromatic ring is 1. The van der Waals surface area contributed by atoms with E-state index in [1.807, 2.05) is 0 Å². The number of nitrogens with one attached hydrogen (secondary N) is 1. The molecule has 0 aromatic carbocycles. The van der Waals surface area contributed by atoms with Crippen molar-refractivity contribution in [3.05, 3.63) is 22.1 Å². The number of nitrogens with zero attached hydrogens (tertiary/aromatic N) is 4. The normalized spacial score (nSPS) is 12.0. The number of carbonyl (C=O) groups excluding carboxylic acids is 3. The van der Waals surface area contributed by atoms with E-state index in [4.69, 9.17) is 27.0 Å². The second-order valence-corrected chi connectivity index (χ2v) is 7.68. The predicted molar refractivity (Wildman–Crippen MR) is 114 cm³/mol. The summed E-state index contributed by atoms with van der Waals surface area (Å²) >= 11 is 7.53. The number of thiazole rings is 2. The maximum atomic E-state index is 12.9. The van der Waals surface area contributed by atoms with Gasteiger partial charge in [0.05, 0.1) is 0 Å². The molecule has 2 rings (SSSR count). The Kier molecular flexibility index (Phi) is 8.38. The van der Waals surface area contributed by atoms with E-state index in [0.29, 0.717) is 0 Å². The highest BCUT2D eigenvalue weighted by molar-refractivity contribution is 7.14. The number of anilines is 2. The van der Waals surface area contributed by atoms with Gasteiger partial charge in [-0.3, -0.25) is 14.4 Å². The molecule has 14 heteroatoms. The highest BCUT2D eigenvalue weighted by atomic mass is 35.5. The average molecular weight is 473 g/mol. The fourth-order valence-electron chi connectivity index (χ4n) is 1.86. The monoisotopic (exact) mass is 472 g/mol. The van der Waals surface area contributed by atoms with Crippen LogP contribution in [0.3, 0.4) is 0 Å². The molecule has 2 heterocycles. The first-order valence-electron chi connectivity index (χ1n) is 8.23. The van der Waals surface area contributed by atoms with Crippen molar-refractivity contribution in [3.8, 4) is 0 Å². The average Bonchev–Trinajstić information content (AvgIpc) is 3.34. The molecule has 1 amide bonds. The lowest BCUT2D eigenvalue weighted by Crippen LogP contribution is -2.32. The van der Waals surface area contributed by atoms with Gasteiger partial charge in [-0.1, -0.05) is 10.3 Å². The third-order valence-electron chi connectivity index (χ3n) is 3.05. The summed E-state index contributed by atoms with van der Waals surface area (Å²) in [6.45, 7) is 3.40. The zero-order chi connectivity index (χ0) is 22.3. The van der Waals surface area contributed by atoms with Crippen molar-refractivity contribution in [2.45, 2.75) is 20.0 Å². The number of amides is 1.